The standard InChI is InChI=1S/C22H39N3O2/c1-17-9-7-8-12-25(17)20(26)19(18-10-5-6-11-18)23-13-15-24(16-14-23)21(27)22(2,3)4/h17-19H,5-16H2,1-4H3. The topological polar surface area (TPSA) is 43.9 Å². The normalized spacial score (nSPS) is 27.0. The van der Waals surface area contributed by atoms with Gasteiger partial charge >= 0.3 is 0 Å². The Kier molecular flexibility index (Phi) is 6.50. The molecule has 0 N–H and O–H groups in total. The van der Waals surface area contributed by atoms with Gasteiger partial charge in [-0.2, -0.15) is 0 Å². The molecule has 0 aromatic heterocycles. The van der Waals surface area contributed by atoms with Gasteiger partial charge in [0.15, 0.2) is 0 Å². The SMILES string of the molecule is CC1CCCCN1C(=O)C(C1CCCC1)N1CCN(C(=O)C(C)(C)C)CC1. The van der Waals surface area contributed by atoms with Crippen LogP contribution in [0.1, 0.15) is 72.6 Å². The van der Waals surface area contributed by atoms with Crippen molar-refractivity contribution >= 4 is 11.8 Å². The van der Waals surface area contributed by atoms with Gasteiger partial charge in [0.05, 0.1) is 6.04 Å². The fourth-order valence-electron chi connectivity index (χ4n) is 5.20. The number of piperazine rings is 1. The van der Waals surface area contributed by atoms with Crippen molar-refractivity contribution in [2.24, 2.45) is 11.3 Å². The lowest BCUT2D eigenvalue weighted by Crippen LogP contribution is -2.60. The van der Waals surface area contributed by atoms with E-state index in [9.17, 15) is 9.59 Å². The molecule has 5 nitrogen and oxygen atoms in total. The molecule has 2 heterocycles. The van der Waals surface area contributed by atoms with Crippen LogP contribution in [0.5, 0.6) is 0 Å². The van der Waals surface area contributed by atoms with Crippen molar-refractivity contribution in [3.8, 4) is 0 Å². The summed E-state index contributed by atoms with van der Waals surface area (Å²) in [6.45, 7) is 12.3. The average molecular weight is 378 g/mol. The van der Waals surface area contributed by atoms with Crippen LogP contribution >= 0.6 is 0 Å². The number of rotatable bonds is 3. The van der Waals surface area contributed by atoms with E-state index in [4.69, 9.17) is 0 Å². The fraction of sp³-hybridized carbons (Fsp3) is 0.909. The van der Waals surface area contributed by atoms with Crippen LogP contribution in [0.25, 0.3) is 0 Å². The summed E-state index contributed by atoms with van der Waals surface area (Å²) in [7, 11) is 0. The van der Waals surface area contributed by atoms with Crippen LogP contribution in [0.4, 0.5) is 0 Å². The third-order valence-electron chi connectivity index (χ3n) is 6.82. The van der Waals surface area contributed by atoms with Crippen LogP contribution in [-0.4, -0.2) is 71.3 Å². The molecule has 27 heavy (non-hydrogen) atoms. The van der Waals surface area contributed by atoms with Crippen molar-refractivity contribution in [2.75, 3.05) is 32.7 Å². The van der Waals surface area contributed by atoms with E-state index in [2.05, 4.69) is 16.7 Å². The van der Waals surface area contributed by atoms with Crippen LogP contribution in [0.15, 0.2) is 0 Å². The van der Waals surface area contributed by atoms with Crippen molar-refractivity contribution in [1.82, 2.24) is 14.7 Å². The van der Waals surface area contributed by atoms with Gasteiger partial charge in [-0.15, -0.1) is 0 Å². The van der Waals surface area contributed by atoms with Crippen molar-refractivity contribution in [2.45, 2.75) is 84.7 Å². The van der Waals surface area contributed by atoms with Gasteiger partial charge in [0.25, 0.3) is 0 Å². The number of carbonyl (C=O) groups is 2. The summed E-state index contributed by atoms with van der Waals surface area (Å²) in [6.07, 6.45) is 8.39. The van der Waals surface area contributed by atoms with Gasteiger partial charge in [-0.05, 0) is 44.9 Å². The minimum Gasteiger partial charge on any atom is -0.340 e. The molecule has 1 aliphatic carbocycles. The molecular weight excluding hydrogens is 338 g/mol. The summed E-state index contributed by atoms with van der Waals surface area (Å²) in [5.74, 6) is 1.09. The van der Waals surface area contributed by atoms with Crippen LogP contribution in [0, 0.1) is 11.3 Å². The zero-order chi connectivity index (χ0) is 19.6. The maximum Gasteiger partial charge on any atom is 0.240 e. The molecule has 2 saturated heterocycles. The molecule has 0 spiro atoms. The Morgan fingerprint density at radius 3 is 2.00 bits per heavy atom. The van der Waals surface area contributed by atoms with Gasteiger partial charge in [-0.3, -0.25) is 14.5 Å². The number of hydrogen-bond acceptors (Lipinski definition) is 3. The molecule has 0 aromatic carbocycles. The van der Waals surface area contributed by atoms with E-state index >= 15 is 0 Å². The van der Waals surface area contributed by atoms with E-state index in [1.165, 1.54) is 32.1 Å². The van der Waals surface area contributed by atoms with E-state index in [0.29, 0.717) is 17.9 Å². The fourth-order valence-corrected chi connectivity index (χ4v) is 5.20. The summed E-state index contributed by atoms with van der Waals surface area (Å²) in [5.41, 5.74) is -0.327. The molecule has 2 aliphatic heterocycles. The summed E-state index contributed by atoms with van der Waals surface area (Å²) >= 11 is 0. The van der Waals surface area contributed by atoms with Crippen LogP contribution < -0.4 is 0 Å². The number of likely N-dealkylation sites (tertiary alicyclic amines) is 1. The molecule has 3 rings (SSSR count). The molecule has 0 bridgehead atoms. The Balaban J connectivity index is 1.69. The molecule has 2 unspecified atom stereocenters. The van der Waals surface area contributed by atoms with Gasteiger partial charge in [0.2, 0.25) is 11.8 Å². The molecule has 2 amide bonds. The Morgan fingerprint density at radius 2 is 1.44 bits per heavy atom. The highest BCUT2D eigenvalue weighted by Crippen LogP contribution is 2.33. The second-order valence-corrected chi connectivity index (χ2v) is 9.94. The van der Waals surface area contributed by atoms with Crippen LogP contribution in [0.3, 0.4) is 0 Å². The summed E-state index contributed by atoms with van der Waals surface area (Å²) in [6, 6.07) is 0.402. The molecule has 5 heteroatoms. The van der Waals surface area contributed by atoms with E-state index in [1.54, 1.807) is 0 Å². The number of nitrogens with zero attached hydrogens (tertiary/aromatic N) is 3. The lowest BCUT2D eigenvalue weighted by Gasteiger charge is -2.45. The first-order chi connectivity index (χ1) is 12.8. The Bertz CT molecular complexity index is 528. The third-order valence-corrected chi connectivity index (χ3v) is 6.82. The smallest absolute Gasteiger partial charge is 0.240 e. The predicted octanol–water partition coefficient (Wildman–Crippen LogP) is 3.14. The zero-order valence-electron chi connectivity index (χ0n) is 17.9. The second kappa shape index (κ2) is 8.50. The highest BCUT2D eigenvalue weighted by molar-refractivity contribution is 5.83. The van der Waals surface area contributed by atoms with E-state index < -0.39 is 0 Å². The van der Waals surface area contributed by atoms with Gasteiger partial charge in [-0.1, -0.05) is 33.6 Å². The summed E-state index contributed by atoms with van der Waals surface area (Å²) < 4.78 is 0. The Labute approximate surface area is 165 Å². The largest absolute Gasteiger partial charge is 0.340 e. The average Bonchev–Trinajstić information content (AvgIpc) is 3.15. The molecule has 2 atom stereocenters. The first kappa shape index (κ1) is 20.6. The predicted molar refractivity (Wildman–Crippen MR) is 108 cm³/mol. The number of carbonyl (C=O) groups excluding carboxylic acids is 2. The molecular formula is C22H39N3O2. The Morgan fingerprint density at radius 1 is 0.852 bits per heavy atom. The lowest BCUT2D eigenvalue weighted by molar-refractivity contribution is -0.146. The van der Waals surface area contributed by atoms with Gasteiger partial charge < -0.3 is 9.80 Å². The second-order valence-electron chi connectivity index (χ2n) is 9.94. The maximum atomic E-state index is 13.6. The molecule has 0 radical (unpaired) electrons. The van der Waals surface area contributed by atoms with Gasteiger partial charge in [0.1, 0.15) is 0 Å². The zero-order valence-corrected chi connectivity index (χ0v) is 17.9. The molecule has 0 aromatic rings. The van der Waals surface area contributed by atoms with Crippen LogP contribution in [0.2, 0.25) is 0 Å². The van der Waals surface area contributed by atoms with Crippen LogP contribution in [-0.2, 0) is 9.59 Å². The first-order valence-electron chi connectivity index (χ1n) is 11.1. The van der Waals surface area contributed by atoms with E-state index in [1.807, 2.05) is 25.7 Å². The lowest BCUT2D eigenvalue weighted by atomic mass is 9.92. The molecule has 154 valence electrons. The molecule has 3 fully saturated rings. The van der Waals surface area contributed by atoms with Crippen molar-refractivity contribution in [3.05, 3.63) is 0 Å². The third kappa shape index (κ3) is 4.67. The van der Waals surface area contributed by atoms with E-state index in [0.717, 1.165) is 45.6 Å². The Hall–Kier alpha value is -1.10. The quantitative estimate of drug-likeness (QED) is 0.759. The number of piperidine rings is 1. The summed E-state index contributed by atoms with van der Waals surface area (Å²) in [5, 5.41) is 0. The van der Waals surface area contributed by atoms with Crippen molar-refractivity contribution in [3.63, 3.8) is 0 Å². The van der Waals surface area contributed by atoms with Gasteiger partial charge in [-0.25, -0.2) is 0 Å². The minimum absolute atomic E-state index is 0.0277. The number of hydrogen-bond donors (Lipinski definition) is 0. The first-order valence-corrected chi connectivity index (χ1v) is 11.1. The van der Waals surface area contributed by atoms with E-state index in [-0.39, 0.29) is 17.4 Å². The monoisotopic (exact) mass is 377 g/mol. The van der Waals surface area contributed by atoms with Crippen molar-refractivity contribution < 1.29 is 9.59 Å². The maximum absolute atomic E-state index is 13.6. The van der Waals surface area contributed by atoms with Crippen molar-refractivity contribution in [1.29, 1.82) is 0 Å². The summed E-state index contributed by atoms with van der Waals surface area (Å²) in [4.78, 5) is 32.8. The highest BCUT2D eigenvalue weighted by Gasteiger charge is 2.41. The number of amides is 2. The molecule has 3 aliphatic rings. The minimum atomic E-state index is -0.327. The molecule has 1 saturated carbocycles. The van der Waals surface area contributed by atoms with Gasteiger partial charge in [0, 0.05) is 44.2 Å². The highest BCUT2D eigenvalue weighted by atomic mass is 16.2.